The van der Waals surface area contributed by atoms with Crippen molar-refractivity contribution in [1.82, 2.24) is 25.1 Å². The van der Waals surface area contributed by atoms with Gasteiger partial charge in [0.25, 0.3) is 0 Å². The predicted octanol–water partition coefficient (Wildman–Crippen LogP) is 3.73. The fraction of sp³-hybridized carbons (Fsp3) is 0.267. The molecule has 0 bridgehead atoms. The fourth-order valence-corrected chi connectivity index (χ4v) is 4.34. The lowest BCUT2D eigenvalue weighted by atomic mass is 10.3. The molecule has 0 saturated heterocycles. The van der Waals surface area contributed by atoms with E-state index in [1.807, 2.05) is 45.3 Å². The second-order valence-corrected chi connectivity index (χ2v) is 9.00. The first-order valence-electron chi connectivity index (χ1n) is 7.62. The van der Waals surface area contributed by atoms with Crippen LogP contribution in [0.25, 0.3) is 0 Å². The van der Waals surface area contributed by atoms with Gasteiger partial charge in [0.15, 0.2) is 4.34 Å². The summed E-state index contributed by atoms with van der Waals surface area (Å²) in [7, 11) is 3.72. The molecule has 3 rings (SSSR count). The van der Waals surface area contributed by atoms with E-state index in [1.165, 1.54) is 23.1 Å². The van der Waals surface area contributed by atoms with Crippen LogP contribution in [-0.2, 0) is 0 Å². The van der Waals surface area contributed by atoms with Gasteiger partial charge in [-0.2, -0.15) is 15.0 Å². The van der Waals surface area contributed by atoms with Gasteiger partial charge in [-0.1, -0.05) is 45.1 Å². The molecule has 8 nitrogen and oxygen atoms in total. The Bertz CT molecular complexity index is 901. The van der Waals surface area contributed by atoms with Crippen LogP contribution in [0, 0.1) is 0 Å². The van der Waals surface area contributed by atoms with Crippen LogP contribution < -0.4 is 16.0 Å². The molecule has 0 saturated carbocycles. The molecule has 11 heteroatoms. The van der Waals surface area contributed by atoms with Gasteiger partial charge < -0.3 is 16.0 Å². The molecule has 0 fully saturated rings. The minimum atomic E-state index is -0.0364. The predicted molar refractivity (Wildman–Crippen MR) is 110 cm³/mol. The molecule has 2 aromatic heterocycles. The molecule has 0 aliphatic carbocycles. The van der Waals surface area contributed by atoms with Crippen LogP contribution in [-0.4, -0.2) is 39.2 Å². The van der Waals surface area contributed by atoms with E-state index < -0.39 is 0 Å². The zero-order chi connectivity index (χ0) is 18.7. The molecule has 0 radical (unpaired) electrons. The molecule has 0 spiro atoms. The first-order valence-corrected chi connectivity index (χ1v) is 10.1. The summed E-state index contributed by atoms with van der Waals surface area (Å²) in [5.74, 6) is 1.36. The summed E-state index contributed by atoms with van der Waals surface area (Å²) in [4.78, 5) is 14.6. The minimum absolute atomic E-state index is 0.0364. The summed E-state index contributed by atoms with van der Waals surface area (Å²) < 4.78 is 1.82. The zero-order valence-corrected chi connectivity index (χ0v) is 17.6. The molecule has 2 heterocycles. The Hall–Kier alpha value is -1.98. The van der Waals surface area contributed by atoms with Gasteiger partial charge in [0.1, 0.15) is 5.82 Å². The van der Waals surface area contributed by atoms with Crippen molar-refractivity contribution in [3.63, 3.8) is 0 Å². The number of nitrogens with zero attached hydrogens (tertiary/aromatic N) is 6. The first kappa shape index (κ1) is 18.8. The van der Waals surface area contributed by atoms with Gasteiger partial charge in [-0.05, 0) is 25.1 Å². The quantitative estimate of drug-likeness (QED) is 0.540. The fourth-order valence-electron chi connectivity index (χ4n) is 1.98. The van der Waals surface area contributed by atoms with Crippen molar-refractivity contribution in [3.8, 4) is 0 Å². The summed E-state index contributed by atoms with van der Waals surface area (Å²) in [5.41, 5.74) is 6.74. The SMILES string of the molecule is C[C@H](Sc1nnc(Nc2cccc(Br)c2)s1)c1nc(N)nc(N(C)C)n1. The van der Waals surface area contributed by atoms with Gasteiger partial charge in [0.2, 0.25) is 17.0 Å². The highest BCUT2D eigenvalue weighted by molar-refractivity contribution is 9.10. The normalized spacial score (nSPS) is 12.0. The highest BCUT2D eigenvalue weighted by Crippen LogP contribution is 2.37. The Morgan fingerprint density at radius 2 is 2.04 bits per heavy atom. The monoisotopic (exact) mass is 452 g/mol. The molecule has 3 aromatic rings. The number of anilines is 4. The number of nitrogen functional groups attached to an aromatic ring is 1. The van der Waals surface area contributed by atoms with Crippen molar-refractivity contribution in [3.05, 3.63) is 34.6 Å². The van der Waals surface area contributed by atoms with E-state index in [0.717, 1.165) is 19.6 Å². The molecule has 1 atom stereocenters. The van der Waals surface area contributed by atoms with Crippen LogP contribution in [0.3, 0.4) is 0 Å². The molecule has 0 aliphatic heterocycles. The standard InChI is InChI=1S/C15H17BrN8S2/c1-8(11-19-12(17)21-13(20-11)24(2)3)25-15-23-22-14(26-15)18-10-6-4-5-9(16)7-10/h4-8H,1-3H3,(H,18,22)(H2,17,19,20,21)/t8-/m0/s1. The number of hydrogen-bond acceptors (Lipinski definition) is 10. The molecule has 136 valence electrons. The Balaban J connectivity index is 1.70. The molecule has 0 unspecified atom stereocenters. The average Bonchev–Trinajstić information content (AvgIpc) is 3.01. The highest BCUT2D eigenvalue weighted by atomic mass is 79.9. The van der Waals surface area contributed by atoms with Gasteiger partial charge >= 0.3 is 0 Å². The second-order valence-electron chi connectivity index (χ2n) is 5.51. The topological polar surface area (TPSA) is 106 Å². The van der Waals surface area contributed by atoms with Crippen molar-refractivity contribution in [2.75, 3.05) is 30.0 Å². The van der Waals surface area contributed by atoms with Gasteiger partial charge in [-0.25, -0.2) is 0 Å². The zero-order valence-electron chi connectivity index (χ0n) is 14.3. The highest BCUT2D eigenvalue weighted by Gasteiger charge is 2.17. The van der Waals surface area contributed by atoms with E-state index in [4.69, 9.17) is 5.73 Å². The van der Waals surface area contributed by atoms with E-state index in [9.17, 15) is 0 Å². The van der Waals surface area contributed by atoms with Crippen LogP contribution in [0.2, 0.25) is 0 Å². The third kappa shape index (κ3) is 4.80. The Kier molecular flexibility index (Phi) is 5.89. The Labute approximate surface area is 167 Å². The third-order valence-electron chi connectivity index (χ3n) is 3.18. The number of benzene rings is 1. The van der Waals surface area contributed by atoms with Crippen LogP contribution in [0.5, 0.6) is 0 Å². The third-order valence-corrected chi connectivity index (χ3v) is 5.69. The van der Waals surface area contributed by atoms with Gasteiger partial charge in [0, 0.05) is 24.3 Å². The summed E-state index contributed by atoms with van der Waals surface area (Å²) in [6.07, 6.45) is 0. The van der Waals surface area contributed by atoms with E-state index in [0.29, 0.717) is 11.8 Å². The lowest BCUT2D eigenvalue weighted by molar-refractivity contribution is 0.863. The number of halogens is 1. The maximum Gasteiger partial charge on any atom is 0.229 e. The van der Waals surface area contributed by atoms with E-state index in [2.05, 4.69) is 46.4 Å². The molecule has 3 N–H and O–H groups in total. The first-order chi connectivity index (χ1) is 12.4. The van der Waals surface area contributed by atoms with Crippen molar-refractivity contribution in [2.45, 2.75) is 16.5 Å². The van der Waals surface area contributed by atoms with Crippen LogP contribution in [0.15, 0.2) is 33.1 Å². The van der Waals surface area contributed by atoms with Crippen molar-refractivity contribution < 1.29 is 0 Å². The van der Waals surface area contributed by atoms with E-state index in [-0.39, 0.29) is 11.2 Å². The number of hydrogen-bond donors (Lipinski definition) is 2. The van der Waals surface area contributed by atoms with Gasteiger partial charge in [-0.3, -0.25) is 0 Å². The van der Waals surface area contributed by atoms with Gasteiger partial charge in [0.05, 0.1) is 5.25 Å². The lowest BCUT2D eigenvalue weighted by Crippen LogP contribution is -2.16. The van der Waals surface area contributed by atoms with Crippen LogP contribution in [0.1, 0.15) is 18.0 Å². The number of rotatable bonds is 6. The summed E-state index contributed by atoms with van der Waals surface area (Å²) in [6.45, 7) is 2.00. The molecule has 0 aliphatic rings. The summed E-state index contributed by atoms with van der Waals surface area (Å²) in [5, 5.41) is 12.3. The van der Waals surface area contributed by atoms with Crippen LogP contribution >= 0.6 is 39.0 Å². The molecule has 1 aromatic carbocycles. The van der Waals surface area contributed by atoms with E-state index >= 15 is 0 Å². The molecular weight excluding hydrogens is 436 g/mol. The number of nitrogens with one attached hydrogen (secondary N) is 1. The summed E-state index contributed by atoms with van der Waals surface area (Å²) >= 11 is 6.45. The maximum absolute atomic E-state index is 5.79. The Morgan fingerprint density at radius 1 is 1.23 bits per heavy atom. The van der Waals surface area contributed by atoms with Crippen LogP contribution in [0.4, 0.5) is 22.7 Å². The molecular formula is C15H17BrN8S2. The maximum atomic E-state index is 5.79. The lowest BCUT2D eigenvalue weighted by Gasteiger charge is -2.13. The smallest absolute Gasteiger partial charge is 0.229 e. The minimum Gasteiger partial charge on any atom is -0.368 e. The largest absolute Gasteiger partial charge is 0.368 e. The number of thioether (sulfide) groups is 1. The molecule has 26 heavy (non-hydrogen) atoms. The Morgan fingerprint density at radius 3 is 2.77 bits per heavy atom. The second kappa shape index (κ2) is 8.14. The van der Waals surface area contributed by atoms with Crippen molar-refractivity contribution in [2.24, 2.45) is 0 Å². The van der Waals surface area contributed by atoms with E-state index in [1.54, 1.807) is 4.90 Å². The van der Waals surface area contributed by atoms with Gasteiger partial charge in [-0.15, -0.1) is 10.2 Å². The number of nitrogens with two attached hydrogens (primary N) is 1. The van der Waals surface area contributed by atoms with Crippen molar-refractivity contribution >= 4 is 61.7 Å². The molecule has 0 amide bonds. The summed E-state index contributed by atoms with van der Waals surface area (Å²) in [6, 6.07) is 7.88. The number of aromatic nitrogens is 5. The average molecular weight is 453 g/mol. The van der Waals surface area contributed by atoms with Crippen molar-refractivity contribution in [1.29, 1.82) is 0 Å².